The zero-order chi connectivity index (χ0) is 14.3. The molecule has 0 spiro atoms. The summed E-state index contributed by atoms with van der Waals surface area (Å²) in [5.74, 6) is 0. The zero-order valence-corrected chi connectivity index (χ0v) is 14.2. The molecule has 0 bridgehead atoms. The summed E-state index contributed by atoms with van der Waals surface area (Å²) in [6.45, 7) is 6.69. The lowest BCUT2D eigenvalue weighted by molar-refractivity contribution is 0.589. The molecule has 0 fully saturated rings. The monoisotopic (exact) mass is 345 g/mol. The molecule has 1 nitrogen and oxygen atoms in total. The summed E-state index contributed by atoms with van der Waals surface area (Å²) in [4.78, 5) is 4.57. The molecule has 0 atom stereocenters. The molecule has 1 aromatic carbocycles. The summed E-state index contributed by atoms with van der Waals surface area (Å²) in [5.41, 5.74) is 3.71. The first-order valence-corrected chi connectivity index (χ1v) is 8.21. The molecule has 0 aliphatic carbocycles. The van der Waals surface area contributed by atoms with E-state index >= 15 is 0 Å². The summed E-state index contributed by atoms with van der Waals surface area (Å²) in [6, 6.07) is 12.9. The Hall–Kier alpha value is -1.19. The predicted molar refractivity (Wildman–Crippen MR) is 91.5 cm³/mol. The number of thiophene rings is 1. The van der Waals surface area contributed by atoms with Crippen LogP contribution >= 0.6 is 27.3 Å². The molecule has 0 amide bonds. The van der Waals surface area contributed by atoms with Crippen molar-refractivity contribution < 1.29 is 0 Å². The van der Waals surface area contributed by atoms with Gasteiger partial charge >= 0.3 is 0 Å². The number of aromatic nitrogens is 1. The van der Waals surface area contributed by atoms with Gasteiger partial charge in [-0.1, -0.05) is 32.9 Å². The van der Waals surface area contributed by atoms with E-state index in [1.807, 2.05) is 6.20 Å². The number of fused-ring (bicyclic) bond motifs is 1. The highest BCUT2D eigenvalue weighted by Gasteiger charge is 2.15. The van der Waals surface area contributed by atoms with Gasteiger partial charge in [0.15, 0.2) is 0 Å². The highest BCUT2D eigenvalue weighted by molar-refractivity contribution is 9.11. The van der Waals surface area contributed by atoms with Crippen molar-refractivity contribution in [3.05, 3.63) is 51.9 Å². The van der Waals surface area contributed by atoms with Crippen molar-refractivity contribution >= 4 is 37.4 Å². The van der Waals surface area contributed by atoms with E-state index < -0.39 is 0 Å². The largest absolute Gasteiger partial charge is 0.256 e. The van der Waals surface area contributed by atoms with Crippen molar-refractivity contribution in [3.63, 3.8) is 0 Å². The predicted octanol–water partition coefficient (Wildman–Crippen LogP) is 6.02. The van der Waals surface area contributed by atoms with Crippen LogP contribution in [0.5, 0.6) is 0 Å². The number of hydrogen-bond acceptors (Lipinski definition) is 2. The molecule has 0 aliphatic rings. The van der Waals surface area contributed by atoms with E-state index in [1.165, 1.54) is 21.2 Å². The Morgan fingerprint density at radius 2 is 1.90 bits per heavy atom. The maximum atomic E-state index is 4.57. The van der Waals surface area contributed by atoms with Crippen molar-refractivity contribution in [2.75, 3.05) is 0 Å². The van der Waals surface area contributed by atoms with E-state index in [2.05, 4.69) is 78.1 Å². The van der Waals surface area contributed by atoms with E-state index in [1.54, 1.807) is 11.3 Å². The van der Waals surface area contributed by atoms with Gasteiger partial charge in [-0.3, -0.25) is 4.98 Å². The Balaban J connectivity index is 2.21. The molecule has 3 rings (SSSR count). The Kier molecular flexibility index (Phi) is 3.43. The molecule has 0 radical (unpaired) electrons. The molecule has 20 heavy (non-hydrogen) atoms. The Bertz CT molecular complexity index is 768. The molecule has 0 saturated heterocycles. The Labute approximate surface area is 131 Å². The minimum Gasteiger partial charge on any atom is -0.256 e. The summed E-state index contributed by atoms with van der Waals surface area (Å²) in [7, 11) is 0. The second-order valence-corrected chi connectivity index (χ2v) is 8.41. The fourth-order valence-electron chi connectivity index (χ4n) is 2.30. The fourth-order valence-corrected chi connectivity index (χ4v) is 3.86. The normalized spacial score (nSPS) is 12.0. The van der Waals surface area contributed by atoms with Gasteiger partial charge in [0.05, 0.1) is 9.48 Å². The van der Waals surface area contributed by atoms with Crippen LogP contribution in [-0.2, 0) is 5.41 Å². The van der Waals surface area contributed by atoms with E-state index in [9.17, 15) is 0 Å². The Morgan fingerprint density at radius 1 is 1.10 bits per heavy atom. The van der Waals surface area contributed by atoms with Gasteiger partial charge in [-0.15, -0.1) is 11.3 Å². The van der Waals surface area contributed by atoms with Gasteiger partial charge in [-0.25, -0.2) is 0 Å². The molecule has 0 N–H and O–H groups in total. The molecule has 0 unspecified atom stereocenters. The third kappa shape index (κ3) is 2.52. The van der Waals surface area contributed by atoms with Crippen LogP contribution in [0.25, 0.3) is 21.3 Å². The van der Waals surface area contributed by atoms with Crippen LogP contribution in [0.3, 0.4) is 0 Å². The van der Waals surface area contributed by atoms with Crippen LogP contribution in [0.2, 0.25) is 0 Å². The molecule has 0 aliphatic heterocycles. The van der Waals surface area contributed by atoms with E-state index in [0.29, 0.717) is 0 Å². The van der Waals surface area contributed by atoms with Gasteiger partial charge in [0.2, 0.25) is 0 Å². The van der Waals surface area contributed by atoms with Crippen molar-refractivity contribution in [2.24, 2.45) is 0 Å². The van der Waals surface area contributed by atoms with Crippen LogP contribution in [0.4, 0.5) is 0 Å². The number of rotatable bonds is 1. The number of hydrogen-bond donors (Lipinski definition) is 0. The first kappa shape index (κ1) is 13.8. The number of benzene rings is 1. The van der Waals surface area contributed by atoms with E-state index in [0.717, 1.165) is 9.48 Å². The number of pyridine rings is 1. The second kappa shape index (κ2) is 4.97. The lowest BCUT2D eigenvalue weighted by Gasteiger charge is -2.19. The van der Waals surface area contributed by atoms with Gasteiger partial charge in [-0.05, 0) is 51.2 Å². The van der Waals surface area contributed by atoms with Crippen molar-refractivity contribution in [2.45, 2.75) is 26.2 Å². The summed E-state index contributed by atoms with van der Waals surface area (Å²) >= 11 is 5.34. The van der Waals surface area contributed by atoms with E-state index in [4.69, 9.17) is 0 Å². The van der Waals surface area contributed by atoms with E-state index in [-0.39, 0.29) is 5.41 Å². The standard InChI is InChI=1S/C17H16BrNS/c1-17(2,3)11-7-8-19-14(9-11)12-5-4-6-15-13(12)10-16(18)20-15/h4-10H,1-3H3. The zero-order valence-electron chi connectivity index (χ0n) is 11.8. The highest BCUT2D eigenvalue weighted by atomic mass is 79.9. The van der Waals surface area contributed by atoms with Gasteiger partial charge in [-0.2, -0.15) is 0 Å². The average Bonchev–Trinajstić information content (AvgIpc) is 2.77. The third-order valence-electron chi connectivity index (χ3n) is 3.43. The summed E-state index contributed by atoms with van der Waals surface area (Å²) in [6.07, 6.45) is 1.91. The minimum atomic E-state index is 0.140. The van der Waals surface area contributed by atoms with Gasteiger partial charge in [0, 0.05) is 21.8 Å². The maximum absolute atomic E-state index is 4.57. The number of nitrogens with zero attached hydrogens (tertiary/aromatic N) is 1. The molecular formula is C17H16BrNS. The highest BCUT2D eigenvalue weighted by Crippen LogP contribution is 2.36. The molecule has 2 heterocycles. The van der Waals surface area contributed by atoms with Crippen molar-refractivity contribution in [1.82, 2.24) is 4.98 Å². The minimum absolute atomic E-state index is 0.140. The van der Waals surface area contributed by atoms with Crippen molar-refractivity contribution in [1.29, 1.82) is 0 Å². The van der Waals surface area contributed by atoms with Crippen LogP contribution < -0.4 is 0 Å². The van der Waals surface area contributed by atoms with Crippen LogP contribution in [-0.4, -0.2) is 4.98 Å². The first-order valence-electron chi connectivity index (χ1n) is 6.60. The molecule has 3 heteroatoms. The quantitative estimate of drug-likeness (QED) is 0.525. The van der Waals surface area contributed by atoms with Crippen molar-refractivity contribution in [3.8, 4) is 11.3 Å². The number of halogens is 1. The average molecular weight is 346 g/mol. The molecule has 3 aromatic rings. The second-order valence-electron chi connectivity index (χ2n) is 5.95. The van der Waals surface area contributed by atoms with Crippen LogP contribution in [0, 0.1) is 0 Å². The molecule has 102 valence electrons. The first-order chi connectivity index (χ1) is 9.45. The maximum Gasteiger partial charge on any atom is 0.0711 e. The SMILES string of the molecule is CC(C)(C)c1ccnc(-c2cccc3sc(Br)cc23)c1. The third-order valence-corrected chi connectivity index (χ3v) is 5.04. The lowest BCUT2D eigenvalue weighted by atomic mass is 9.87. The molecular weight excluding hydrogens is 330 g/mol. The topological polar surface area (TPSA) is 12.9 Å². The van der Waals surface area contributed by atoms with Crippen LogP contribution in [0.15, 0.2) is 46.4 Å². The van der Waals surface area contributed by atoms with Gasteiger partial charge in [0.25, 0.3) is 0 Å². The fraction of sp³-hybridized carbons (Fsp3) is 0.235. The molecule has 0 saturated carbocycles. The molecule has 2 aromatic heterocycles. The van der Waals surface area contributed by atoms with Gasteiger partial charge < -0.3 is 0 Å². The van der Waals surface area contributed by atoms with Crippen LogP contribution in [0.1, 0.15) is 26.3 Å². The summed E-state index contributed by atoms with van der Waals surface area (Å²) < 4.78 is 2.45. The lowest BCUT2D eigenvalue weighted by Crippen LogP contribution is -2.11. The smallest absolute Gasteiger partial charge is 0.0711 e. The van der Waals surface area contributed by atoms with Gasteiger partial charge in [0.1, 0.15) is 0 Å². The Morgan fingerprint density at radius 3 is 2.65 bits per heavy atom. The summed E-state index contributed by atoms with van der Waals surface area (Å²) in [5, 5.41) is 1.27.